The minimum absolute atomic E-state index is 0.184. The lowest BCUT2D eigenvalue weighted by Gasteiger charge is -2.37. The van der Waals surface area contributed by atoms with Crippen LogP contribution in [0.5, 0.6) is 11.5 Å². The normalized spacial score (nSPS) is 20.0. The summed E-state index contributed by atoms with van der Waals surface area (Å²) in [5, 5.41) is 9.07. The number of nitrogens with two attached hydrogens (primary N) is 1. The number of halogens is 3. The van der Waals surface area contributed by atoms with E-state index in [1.54, 1.807) is 0 Å². The molecule has 14 heteroatoms. The molecule has 0 spiro atoms. The van der Waals surface area contributed by atoms with Gasteiger partial charge in [0.2, 0.25) is 5.95 Å². The first kappa shape index (κ1) is 30.9. The number of fused-ring (bicyclic) bond motifs is 3. The lowest BCUT2D eigenvalue weighted by atomic mass is 9.88. The Balaban J connectivity index is 1.05. The van der Waals surface area contributed by atoms with Crippen LogP contribution in [0.25, 0.3) is 11.3 Å². The summed E-state index contributed by atoms with van der Waals surface area (Å²) in [6.07, 6.45) is -3.80. The van der Waals surface area contributed by atoms with Crippen molar-refractivity contribution in [3.05, 3.63) is 59.2 Å². The van der Waals surface area contributed by atoms with Crippen LogP contribution in [0, 0.1) is 0 Å². The van der Waals surface area contributed by atoms with Crippen LogP contribution < -0.4 is 20.1 Å². The second-order valence-electron chi connectivity index (χ2n) is 11.2. The third-order valence-electron chi connectivity index (χ3n) is 8.21. The van der Waals surface area contributed by atoms with Crippen LogP contribution in [0.1, 0.15) is 23.1 Å². The average molecular weight is 630 g/mol. The number of carbonyl (C=O) groups is 1. The van der Waals surface area contributed by atoms with Gasteiger partial charge < -0.3 is 34.7 Å². The Morgan fingerprint density at radius 2 is 1.80 bits per heavy atom. The predicted molar refractivity (Wildman–Crippen MR) is 157 cm³/mol. The fraction of sp³-hybridized carbons (Fsp3) is 0.452. The van der Waals surface area contributed by atoms with Gasteiger partial charge in [0.05, 0.1) is 25.0 Å². The Labute approximate surface area is 257 Å². The van der Waals surface area contributed by atoms with Crippen molar-refractivity contribution in [2.24, 2.45) is 0 Å². The molecule has 3 N–H and O–H groups in total. The van der Waals surface area contributed by atoms with Gasteiger partial charge in [-0.3, -0.25) is 4.90 Å². The standard InChI is InChI=1S/C31H34F3N5O6/c32-31(33,34)45-21-4-1-19(2-5-21)17-43-22-6-8-24-20(15-22)3-7-25-27(24)36-30(35)37-28(25)39-11-9-38(10-12-39)13-14-42-23-16-26(29(40)41)44-18-23/h1-2,4-6,8,15,23,26H,3,7,9-14,16-18H2,(H,40,41)(H2,35,36,37)/t23-,26+/m0/s1. The maximum Gasteiger partial charge on any atom is 0.573 e. The molecular weight excluding hydrogens is 595 g/mol. The van der Waals surface area contributed by atoms with Crippen molar-refractivity contribution < 1.29 is 42.0 Å². The lowest BCUT2D eigenvalue weighted by molar-refractivity contribution is -0.274. The molecule has 2 fully saturated rings. The fourth-order valence-electron chi connectivity index (χ4n) is 5.93. The summed E-state index contributed by atoms with van der Waals surface area (Å²) in [6.45, 7) is 4.98. The summed E-state index contributed by atoms with van der Waals surface area (Å²) in [5.74, 6) is 0.498. The lowest BCUT2D eigenvalue weighted by Crippen LogP contribution is -2.48. The number of anilines is 2. The van der Waals surface area contributed by atoms with Crippen molar-refractivity contribution in [2.45, 2.75) is 44.4 Å². The molecular formula is C31H34F3N5O6. The zero-order valence-corrected chi connectivity index (χ0v) is 24.5. The van der Waals surface area contributed by atoms with E-state index in [-0.39, 0.29) is 24.4 Å². The molecule has 11 nitrogen and oxygen atoms in total. The predicted octanol–water partition coefficient (Wildman–Crippen LogP) is 3.68. The van der Waals surface area contributed by atoms with Gasteiger partial charge in [0.25, 0.3) is 0 Å². The number of nitrogens with zero attached hydrogens (tertiary/aromatic N) is 4. The van der Waals surface area contributed by atoms with E-state index in [1.165, 1.54) is 24.3 Å². The van der Waals surface area contributed by atoms with E-state index in [0.29, 0.717) is 30.9 Å². The van der Waals surface area contributed by atoms with Gasteiger partial charge in [-0.05, 0) is 54.3 Å². The number of hydrogen-bond donors (Lipinski definition) is 2. The van der Waals surface area contributed by atoms with E-state index in [4.69, 9.17) is 25.1 Å². The quantitative estimate of drug-likeness (QED) is 0.340. The Kier molecular flexibility index (Phi) is 8.97. The number of benzene rings is 2. The van der Waals surface area contributed by atoms with Gasteiger partial charge in [-0.1, -0.05) is 12.1 Å². The van der Waals surface area contributed by atoms with Crippen LogP contribution in [0.15, 0.2) is 42.5 Å². The Morgan fingerprint density at radius 3 is 2.51 bits per heavy atom. The molecule has 1 aliphatic carbocycles. The molecule has 0 saturated carbocycles. The van der Waals surface area contributed by atoms with E-state index in [1.807, 2.05) is 18.2 Å². The number of carboxylic acids is 1. The minimum Gasteiger partial charge on any atom is -0.489 e. The first-order chi connectivity index (χ1) is 21.6. The van der Waals surface area contributed by atoms with E-state index in [0.717, 1.165) is 73.8 Å². The maximum atomic E-state index is 12.4. The van der Waals surface area contributed by atoms with Crippen LogP contribution in [-0.2, 0) is 33.7 Å². The van der Waals surface area contributed by atoms with Gasteiger partial charge >= 0.3 is 12.3 Å². The molecule has 0 amide bonds. The third kappa shape index (κ3) is 7.57. The number of ether oxygens (including phenoxy) is 4. The molecule has 2 aliphatic heterocycles. The fourth-order valence-corrected chi connectivity index (χ4v) is 5.93. The molecule has 0 bridgehead atoms. The number of carboxylic acid groups (broad SMARTS) is 1. The molecule has 2 aromatic carbocycles. The SMILES string of the molecule is Nc1nc2c(c(N3CCN(CCO[C@@H]4CO[C@@H](C(=O)O)C4)CC3)n1)CCc1cc(OCc3ccc(OC(F)(F)F)cc3)ccc1-2. The van der Waals surface area contributed by atoms with Crippen molar-refractivity contribution >= 4 is 17.7 Å². The Hall–Kier alpha value is -4.14. The number of aliphatic carboxylic acids is 1. The van der Waals surface area contributed by atoms with E-state index in [2.05, 4.69) is 24.5 Å². The Morgan fingerprint density at radius 1 is 1.04 bits per heavy atom. The van der Waals surface area contributed by atoms with Crippen molar-refractivity contribution in [3.63, 3.8) is 0 Å². The van der Waals surface area contributed by atoms with Crippen molar-refractivity contribution in [3.8, 4) is 22.8 Å². The first-order valence-electron chi connectivity index (χ1n) is 14.8. The summed E-state index contributed by atoms with van der Waals surface area (Å²) in [5.41, 5.74) is 10.8. The summed E-state index contributed by atoms with van der Waals surface area (Å²) in [6, 6.07) is 11.4. The number of nitrogen functional groups attached to an aromatic ring is 1. The molecule has 6 rings (SSSR count). The van der Waals surface area contributed by atoms with Gasteiger partial charge in [0.1, 0.15) is 23.9 Å². The van der Waals surface area contributed by atoms with Crippen LogP contribution in [0.4, 0.5) is 24.9 Å². The van der Waals surface area contributed by atoms with Crippen LogP contribution in [0.2, 0.25) is 0 Å². The highest BCUT2D eigenvalue weighted by molar-refractivity contribution is 5.76. The van der Waals surface area contributed by atoms with Gasteiger partial charge in [-0.15, -0.1) is 13.2 Å². The molecule has 2 atom stereocenters. The number of aryl methyl sites for hydroxylation is 1. The maximum absolute atomic E-state index is 12.4. The van der Waals surface area contributed by atoms with Gasteiger partial charge in [-0.25, -0.2) is 9.78 Å². The highest BCUT2D eigenvalue weighted by atomic mass is 19.4. The number of piperazine rings is 1. The molecule has 0 radical (unpaired) electrons. The second-order valence-corrected chi connectivity index (χ2v) is 11.2. The largest absolute Gasteiger partial charge is 0.573 e. The molecule has 3 aromatic rings. The molecule has 2 saturated heterocycles. The van der Waals surface area contributed by atoms with Crippen molar-refractivity contribution in [1.29, 1.82) is 0 Å². The van der Waals surface area contributed by atoms with Crippen LogP contribution in [-0.4, -0.2) is 90.5 Å². The zero-order chi connectivity index (χ0) is 31.6. The topological polar surface area (TPSA) is 133 Å². The molecule has 3 heterocycles. The van der Waals surface area contributed by atoms with Crippen LogP contribution in [0.3, 0.4) is 0 Å². The smallest absolute Gasteiger partial charge is 0.489 e. The third-order valence-corrected chi connectivity index (χ3v) is 8.21. The number of rotatable bonds is 10. The van der Waals surface area contributed by atoms with E-state index in [9.17, 15) is 18.0 Å². The van der Waals surface area contributed by atoms with Gasteiger partial charge in [0.15, 0.2) is 6.10 Å². The van der Waals surface area contributed by atoms with Crippen LogP contribution >= 0.6 is 0 Å². The molecule has 0 unspecified atom stereocenters. The van der Waals surface area contributed by atoms with Gasteiger partial charge in [-0.2, -0.15) is 4.98 Å². The van der Waals surface area contributed by atoms with E-state index >= 15 is 0 Å². The number of alkyl halides is 3. The second kappa shape index (κ2) is 13.1. The van der Waals surface area contributed by atoms with E-state index < -0.39 is 18.4 Å². The summed E-state index contributed by atoms with van der Waals surface area (Å²) in [4.78, 5) is 24.9. The molecule has 3 aliphatic rings. The van der Waals surface area contributed by atoms with Crippen molar-refractivity contribution in [1.82, 2.24) is 14.9 Å². The highest BCUT2D eigenvalue weighted by Gasteiger charge is 2.32. The summed E-state index contributed by atoms with van der Waals surface area (Å²) >= 11 is 0. The molecule has 240 valence electrons. The Bertz CT molecular complexity index is 1510. The number of hydrogen-bond acceptors (Lipinski definition) is 10. The first-order valence-corrected chi connectivity index (χ1v) is 14.8. The average Bonchev–Trinajstić information content (AvgIpc) is 3.49. The summed E-state index contributed by atoms with van der Waals surface area (Å²) in [7, 11) is 0. The van der Waals surface area contributed by atoms with Crippen molar-refractivity contribution in [2.75, 3.05) is 56.6 Å². The minimum atomic E-state index is -4.73. The molecule has 1 aromatic heterocycles. The van der Waals surface area contributed by atoms with Gasteiger partial charge in [0, 0.05) is 50.3 Å². The molecule has 45 heavy (non-hydrogen) atoms. The monoisotopic (exact) mass is 629 g/mol. The summed E-state index contributed by atoms with van der Waals surface area (Å²) < 4.78 is 58.2. The highest BCUT2D eigenvalue weighted by Crippen LogP contribution is 2.38. The number of aromatic nitrogens is 2. The zero-order valence-electron chi connectivity index (χ0n) is 24.5.